The average Bonchev–Trinajstić information content (AvgIpc) is 3.04. The van der Waals surface area contributed by atoms with Gasteiger partial charge in [-0.2, -0.15) is 0 Å². The van der Waals surface area contributed by atoms with E-state index >= 15 is 0 Å². The molecule has 0 radical (unpaired) electrons. The highest BCUT2D eigenvalue weighted by molar-refractivity contribution is 7.14. The van der Waals surface area contributed by atoms with Gasteiger partial charge in [-0.15, -0.1) is 22.7 Å². The number of hydrogen-bond donors (Lipinski definition) is 1. The first-order valence-electron chi connectivity index (χ1n) is 5.44. The molecule has 7 heteroatoms. The lowest BCUT2D eigenvalue weighted by atomic mass is 10.4. The Morgan fingerprint density at radius 3 is 3.06 bits per heavy atom. The molecule has 0 aliphatic carbocycles. The molecular weight excluding hydrogens is 270 g/mol. The van der Waals surface area contributed by atoms with Crippen LogP contribution in [0.5, 0.6) is 0 Å². The van der Waals surface area contributed by atoms with Crippen LogP contribution in [0.1, 0.15) is 27.3 Å². The van der Waals surface area contributed by atoms with Gasteiger partial charge in [0.1, 0.15) is 5.01 Å². The van der Waals surface area contributed by atoms with Crippen molar-refractivity contribution in [2.75, 3.05) is 12.4 Å². The number of methoxy groups -OCH3 is 1. The molecule has 96 valence electrons. The van der Waals surface area contributed by atoms with Crippen LogP contribution in [0.15, 0.2) is 11.6 Å². The van der Waals surface area contributed by atoms with E-state index in [0.29, 0.717) is 17.4 Å². The second-order valence-electron chi connectivity index (χ2n) is 3.46. The Kier molecular flexibility index (Phi) is 4.27. The molecule has 2 heterocycles. The Morgan fingerprint density at radius 2 is 2.39 bits per heavy atom. The third-order valence-corrected chi connectivity index (χ3v) is 4.18. The lowest BCUT2D eigenvalue weighted by molar-refractivity contribution is 0.0595. The minimum absolute atomic E-state index is 0.332. The number of hydrogen-bond acceptors (Lipinski definition) is 7. The van der Waals surface area contributed by atoms with Crippen LogP contribution in [0.2, 0.25) is 0 Å². The molecule has 2 aromatic rings. The van der Waals surface area contributed by atoms with E-state index in [1.807, 2.05) is 6.20 Å². The zero-order valence-electron chi connectivity index (χ0n) is 10.1. The molecule has 2 rings (SSSR count). The zero-order valence-corrected chi connectivity index (χ0v) is 11.7. The second-order valence-corrected chi connectivity index (χ2v) is 5.51. The fourth-order valence-corrected chi connectivity index (χ4v) is 2.78. The summed E-state index contributed by atoms with van der Waals surface area (Å²) in [5, 5.41) is 6.53. The molecule has 0 aliphatic rings. The molecule has 0 spiro atoms. The van der Waals surface area contributed by atoms with Gasteiger partial charge in [0.15, 0.2) is 10.8 Å². The van der Waals surface area contributed by atoms with Crippen molar-refractivity contribution in [2.24, 2.45) is 0 Å². The van der Waals surface area contributed by atoms with Gasteiger partial charge in [-0.25, -0.2) is 14.8 Å². The summed E-state index contributed by atoms with van der Waals surface area (Å²) in [6.07, 6.45) is 2.89. The van der Waals surface area contributed by atoms with E-state index in [2.05, 4.69) is 26.9 Å². The summed E-state index contributed by atoms with van der Waals surface area (Å²) in [7, 11) is 1.34. The molecule has 0 saturated heterocycles. The number of rotatable bonds is 5. The first-order valence-corrected chi connectivity index (χ1v) is 7.13. The van der Waals surface area contributed by atoms with Crippen LogP contribution < -0.4 is 5.32 Å². The van der Waals surface area contributed by atoms with Gasteiger partial charge in [-0.05, 0) is 6.42 Å². The highest BCUT2D eigenvalue weighted by Gasteiger charge is 2.10. The number of carbonyl (C=O) groups is 1. The van der Waals surface area contributed by atoms with Crippen molar-refractivity contribution in [3.8, 4) is 0 Å². The lowest BCUT2D eigenvalue weighted by Gasteiger charge is -1.98. The monoisotopic (exact) mass is 283 g/mol. The van der Waals surface area contributed by atoms with Gasteiger partial charge in [0.25, 0.3) is 0 Å². The highest BCUT2D eigenvalue weighted by Crippen LogP contribution is 2.19. The third-order valence-electron chi connectivity index (χ3n) is 2.24. The van der Waals surface area contributed by atoms with E-state index in [1.54, 1.807) is 16.7 Å². The standard InChI is InChI=1S/C11H13N3O2S2/c1-3-7-4-12-9(18-7)5-13-11-14-8(6-17-11)10(15)16-2/h4,6H,3,5H2,1-2H3,(H,13,14). The molecule has 5 nitrogen and oxygen atoms in total. The second kappa shape index (κ2) is 5.92. The summed E-state index contributed by atoms with van der Waals surface area (Å²) in [6.45, 7) is 2.73. The fourth-order valence-electron chi connectivity index (χ4n) is 1.30. The smallest absolute Gasteiger partial charge is 0.357 e. The number of nitrogens with zero attached hydrogens (tertiary/aromatic N) is 2. The van der Waals surface area contributed by atoms with E-state index in [-0.39, 0.29) is 0 Å². The first-order chi connectivity index (χ1) is 8.72. The third kappa shape index (κ3) is 3.05. The van der Waals surface area contributed by atoms with Gasteiger partial charge in [0.2, 0.25) is 0 Å². The van der Waals surface area contributed by atoms with E-state index in [9.17, 15) is 4.79 Å². The molecule has 0 atom stereocenters. The van der Waals surface area contributed by atoms with Crippen molar-refractivity contribution in [2.45, 2.75) is 19.9 Å². The van der Waals surface area contributed by atoms with Crippen molar-refractivity contribution in [1.29, 1.82) is 0 Å². The maximum Gasteiger partial charge on any atom is 0.357 e. The van der Waals surface area contributed by atoms with Gasteiger partial charge >= 0.3 is 5.97 Å². The molecule has 0 aromatic carbocycles. The number of esters is 1. The van der Waals surface area contributed by atoms with E-state index in [0.717, 1.165) is 11.4 Å². The fraction of sp³-hybridized carbons (Fsp3) is 0.364. The molecule has 0 aliphatic heterocycles. The first kappa shape index (κ1) is 13.0. The van der Waals surface area contributed by atoms with Gasteiger partial charge < -0.3 is 10.1 Å². The largest absolute Gasteiger partial charge is 0.464 e. The van der Waals surface area contributed by atoms with Crippen LogP contribution in [0.4, 0.5) is 5.13 Å². The normalized spacial score (nSPS) is 10.3. The molecule has 18 heavy (non-hydrogen) atoms. The van der Waals surface area contributed by atoms with Gasteiger partial charge in [-0.3, -0.25) is 0 Å². The average molecular weight is 283 g/mol. The van der Waals surface area contributed by atoms with Gasteiger partial charge in [0.05, 0.1) is 13.7 Å². The molecule has 0 fully saturated rings. The molecule has 0 amide bonds. The Labute approximate surface area is 113 Å². The molecule has 1 N–H and O–H groups in total. The number of nitrogens with one attached hydrogen (secondary N) is 1. The Balaban J connectivity index is 1.93. The van der Waals surface area contributed by atoms with E-state index in [1.165, 1.54) is 23.3 Å². The van der Waals surface area contributed by atoms with E-state index < -0.39 is 5.97 Å². The number of carbonyl (C=O) groups excluding carboxylic acids is 1. The van der Waals surface area contributed by atoms with Crippen LogP contribution in [-0.2, 0) is 17.7 Å². The Hall–Kier alpha value is -1.47. The molecule has 0 saturated carbocycles. The number of thiazole rings is 2. The topological polar surface area (TPSA) is 64.1 Å². The van der Waals surface area contributed by atoms with Crippen LogP contribution in [-0.4, -0.2) is 23.0 Å². The van der Waals surface area contributed by atoms with Crippen molar-refractivity contribution in [3.05, 3.63) is 27.2 Å². The SMILES string of the molecule is CCc1cnc(CNc2nc(C(=O)OC)cs2)s1. The van der Waals surface area contributed by atoms with Crippen molar-refractivity contribution in [1.82, 2.24) is 9.97 Å². The zero-order chi connectivity index (χ0) is 13.0. The quantitative estimate of drug-likeness (QED) is 0.854. The molecular formula is C11H13N3O2S2. The molecule has 2 aromatic heterocycles. The maximum atomic E-state index is 11.2. The summed E-state index contributed by atoms with van der Waals surface area (Å²) in [6, 6.07) is 0. The minimum Gasteiger partial charge on any atom is -0.464 e. The van der Waals surface area contributed by atoms with Crippen LogP contribution in [0.3, 0.4) is 0 Å². The number of ether oxygens (including phenoxy) is 1. The summed E-state index contributed by atoms with van der Waals surface area (Å²) in [4.78, 5) is 20.9. The minimum atomic E-state index is -0.415. The highest BCUT2D eigenvalue weighted by atomic mass is 32.1. The summed E-state index contributed by atoms with van der Waals surface area (Å²) < 4.78 is 4.60. The van der Waals surface area contributed by atoms with Crippen molar-refractivity contribution < 1.29 is 9.53 Å². The number of anilines is 1. The van der Waals surface area contributed by atoms with Crippen LogP contribution in [0.25, 0.3) is 0 Å². The maximum absolute atomic E-state index is 11.2. The summed E-state index contributed by atoms with van der Waals surface area (Å²) in [5.41, 5.74) is 0.332. The predicted molar refractivity (Wildman–Crippen MR) is 72.3 cm³/mol. The van der Waals surface area contributed by atoms with Crippen LogP contribution in [0, 0.1) is 0 Å². The Morgan fingerprint density at radius 1 is 1.56 bits per heavy atom. The summed E-state index contributed by atoms with van der Waals surface area (Å²) in [5.74, 6) is -0.415. The van der Waals surface area contributed by atoms with Crippen LogP contribution >= 0.6 is 22.7 Å². The lowest BCUT2D eigenvalue weighted by Crippen LogP contribution is -2.03. The van der Waals surface area contributed by atoms with Gasteiger partial charge in [-0.1, -0.05) is 6.92 Å². The van der Waals surface area contributed by atoms with E-state index in [4.69, 9.17) is 0 Å². The predicted octanol–water partition coefficient (Wildman–Crippen LogP) is 2.56. The van der Waals surface area contributed by atoms with Gasteiger partial charge in [0, 0.05) is 16.5 Å². The molecule has 0 bridgehead atoms. The summed E-state index contributed by atoms with van der Waals surface area (Å²) >= 11 is 3.06. The Bertz CT molecular complexity index is 536. The van der Waals surface area contributed by atoms with Crippen molar-refractivity contribution in [3.63, 3.8) is 0 Å². The molecule has 0 unspecified atom stereocenters. The number of aryl methyl sites for hydroxylation is 1. The number of aromatic nitrogens is 2. The van der Waals surface area contributed by atoms with Crippen molar-refractivity contribution >= 4 is 33.8 Å².